The van der Waals surface area contributed by atoms with Gasteiger partial charge in [-0.25, -0.2) is 0 Å². The maximum absolute atomic E-state index is 5.94. The molecule has 1 rings (SSSR count). The SMILES string of the molecule is CC#CCC(N)CCc1ccc(OC)cc1. The number of nitrogens with two attached hydrogens (primary N) is 1. The van der Waals surface area contributed by atoms with Crippen LogP contribution >= 0.6 is 0 Å². The molecule has 0 aliphatic heterocycles. The van der Waals surface area contributed by atoms with Crippen LogP contribution in [0.1, 0.15) is 25.3 Å². The Balaban J connectivity index is 2.38. The van der Waals surface area contributed by atoms with Gasteiger partial charge in [0.15, 0.2) is 0 Å². The second kappa shape index (κ2) is 6.92. The van der Waals surface area contributed by atoms with Gasteiger partial charge in [0.05, 0.1) is 7.11 Å². The highest BCUT2D eigenvalue weighted by atomic mass is 16.5. The molecule has 1 atom stereocenters. The molecule has 0 bridgehead atoms. The van der Waals surface area contributed by atoms with Crippen LogP contribution < -0.4 is 10.5 Å². The first-order valence-corrected chi connectivity index (χ1v) is 5.54. The Morgan fingerprint density at radius 1 is 1.31 bits per heavy atom. The molecule has 0 saturated heterocycles. The zero-order valence-corrected chi connectivity index (χ0v) is 9.99. The van der Waals surface area contributed by atoms with Gasteiger partial charge in [-0.3, -0.25) is 0 Å². The molecule has 0 aliphatic rings. The van der Waals surface area contributed by atoms with Crippen molar-refractivity contribution in [2.24, 2.45) is 5.73 Å². The standard InChI is InChI=1S/C14H19NO/c1-3-4-5-13(15)9-6-12-7-10-14(16-2)11-8-12/h7-8,10-11,13H,5-6,9,15H2,1-2H3. The van der Waals surface area contributed by atoms with E-state index in [9.17, 15) is 0 Å². The molecule has 2 heteroatoms. The summed E-state index contributed by atoms with van der Waals surface area (Å²) in [5, 5.41) is 0. The number of aryl methyl sites for hydroxylation is 1. The normalized spacial score (nSPS) is 11.4. The van der Waals surface area contributed by atoms with Crippen LogP contribution in [0.3, 0.4) is 0 Å². The predicted molar refractivity (Wildman–Crippen MR) is 67.4 cm³/mol. The Morgan fingerprint density at radius 2 is 2.00 bits per heavy atom. The molecule has 0 fully saturated rings. The van der Waals surface area contributed by atoms with Crippen molar-refractivity contribution in [3.05, 3.63) is 29.8 Å². The molecule has 0 amide bonds. The van der Waals surface area contributed by atoms with Gasteiger partial charge in [0.25, 0.3) is 0 Å². The van der Waals surface area contributed by atoms with Crippen molar-refractivity contribution in [3.63, 3.8) is 0 Å². The Kier molecular flexibility index (Phi) is 5.45. The fourth-order valence-electron chi connectivity index (χ4n) is 1.48. The van der Waals surface area contributed by atoms with Crippen molar-refractivity contribution >= 4 is 0 Å². The number of rotatable bonds is 5. The van der Waals surface area contributed by atoms with Crippen LogP contribution in [-0.2, 0) is 6.42 Å². The second-order valence-electron chi connectivity index (χ2n) is 3.78. The summed E-state index contributed by atoms with van der Waals surface area (Å²) in [5.41, 5.74) is 7.23. The van der Waals surface area contributed by atoms with Gasteiger partial charge >= 0.3 is 0 Å². The first kappa shape index (κ1) is 12.6. The number of hydrogen-bond donors (Lipinski definition) is 1. The van der Waals surface area contributed by atoms with Gasteiger partial charge in [0, 0.05) is 12.5 Å². The molecule has 1 aromatic rings. The minimum absolute atomic E-state index is 0.176. The maximum Gasteiger partial charge on any atom is 0.118 e. The lowest BCUT2D eigenvalue weighted by Crippen LogP contribution is -2.19. The second-order valence-corrected chi connectivity index (χ2v) is 3.78. The molecule has 0 spiro atoms. The zero-order valence-electron chi connectivity index (χ0n) is 9.99. The lowest BCUT2D eigenvalue weighted by Gasteiger charge is -2.08. The average Bonchev–Trinajstić information content (AvgIpc) is 2.34. The Labute approximate surface area is 97.8 Å². The van der Waals surface area contributed by atoms with Crippen molar-refractivity contribution in [2.75, 3.05) is 7.11 Å². The van der Waals surface area contributed by atoms with Crippen molar-refractivity contribution in [2.45, 2.75) is 32.2 Å². The molecule has 0 radical (unpaired) electrons. The molecule has 86 valence electrons. The number of hydrogen-bond acceptors (Lipinski definition) is 2. The van der Waals surface area contributed by atoms with E-state index in [4.69, 9.17) is 10.5 Å². The third kappa shape index (κ3) is 4.37. The van der Waals surface area contributed by atoms with Gasteiger partial charge in [-0.2, -0.15) is 0 Å². The monoisotopic (exact) mass is 217 g/mol. The van der Waals surface area contributed by atoms with Crippen molar-refractivity contribution in [3.8, 4) is 17.6 Å². The van der Waals surface area contributed by atoms with Gasteiger partial charge < -0.3 is 10.5 Å². The highest BCUT2D eigenvalue weighted by Crippen LogP contribution is 2.13. The largest absolute Gasteiger partial charge is 0.497 e. The summed E-state index contributed by atoms with van der Waals surface area (Å²) in [6.07, 6.45) is 2.75. The van der Waals surface area contributed by atoms with E-state index in [0.29, 0.717) is 0 Å². The molecule has 2 nitrogen and oxygen atoms in total. The maximum atomic E-state index is 5.94. The predicted octanol–water partition coefficient (Wildman–Crippen LogP) is 2.37. The van der Waals surface area contributed by atoms with E-state index in [1.54, 1.807) is 7.11 Å². The van der Waals surface area contributed by atoms with Crippen molar-refractivity contribution in [1.29, 1.82) is 0 Å². The summed E-state index contributed by atoms with van der Waals surface area (Å²) in [4.78, 5) is 0. The third-order valence-electron chi connectivity index (χ3n) is 2.50. The highest BCUT2D eigenvalue weighted by Gasteiger charge is 2.01. The lowest BCUT2D eigenvalue weighted by atomic mass is 10.0. The van der Waals surface area contributed by atoms with Gasteiger partial charge in [-0.15, -0.1) is 11.8 Å². The van der Waals surface area contributed by atoms with Gasteiger partial charge in [0.2, 0.25) is 0 Å². The van der Waals surface area contributed by atoms with Crippen LogP contribution in [0.15, 0.2) is 24.3 Å². The van der Waals surface area contributed by atoms with E-state index in [0.717, 1.165) is 25.0 Å². The van der Waals surface area contributed by atoms with Crippen molar-refractivity contribution < 1.29 is 4.74 Å². The Bertz CT molecular complexity index is 359. The van der Waals surface area contributed by atoms with Crippen LogP contribution in [0.2, 0.25) is 0 Å². The van der Waals surface area contributed by atoms with Crippen LogP contribution in [0.5, 0.6) is 5.75 Å². The van der Waals surface area contributed by atoms with Gasteiger partial charge in [0.1, 0.15) is 5.75 Å². The van der Waals surface area contributed by atoms with E-state index in [-0.39, 0.29) is 6.04 Å². The van der Waals surface area contributed by atoms with E-state index in [1.807, 2.05) is 19.1 Å². The molecule has 0 saturated carbocycles. The fourth-order valence-corrected chi connectivity index (χ4v) is 1.48. The first-order valence-electron chi connectivity index (χ1n) is 5.54. The molecule has 1 aromatic carbocycles. The average molecular weight is 217 g/mol. The molecule has 2 N–H and O–H groups in total. The van der Waals surface area contributed by atoms with Crippen LogP contribution in [0.25, 0.3) is 0 Å². The van der Waals surface area contributed by atoms with Crippen LogP contribution in [0.4, 0.5) is 0 Å². The molecule has 0 aliphatic carbocycles. The molecular formula is C14H19NO. The van der Waals surface area contributed by atoms with Crippen molar-refractivity contribution in [1.82, 2.24) is 0 Å². The Hall–Kier alpha value is -1.46. The number of methoxy groups -OCH3 is 1. The number of benzene rings is 1. The van der Waals surface area contributed by atoms with E-state index in [1.165, 1.54) is 5.56 Å². The molecular weight excluding hydrogens is 198 g/mol. The van der Waals surface area contributed by atoms with Crippen LogP contribution in [0, 0.1) is 11.8 Å². The topological polar surface area (TPSA) is 35.2 Å². The highest BCUT2D eigenvalue weighted by molar-refractivity contribution is 5.27. The van der Waals surface area contributed by atoms with Crippen LogP contribution in [-0.4, -0.2) is 13.2 Å². The summed E-state index contributed by atoms with van der Waals surface area (Å²) < 4.78 is 5.10. The molecule has 1 unspecified atom stereocenters. The first-order chi connectivity index (χ1) is 7.76. The smallest absolute Gasteiger partial charge is 0.118 e. The van der Waals surface area contributed by atoms with Gasteiger partial charge in [-0.05, 0) is 37.5 Å². The molecule has 16 heavy (non-hydrogen) atoms. The van der Waals surface area contributed by atoms with E-state index in [2.05, 4.69) is 24.0 Å². The quantitative estimate of drug-likeness (QED) is 0.768. The summed E-state index contributed by atoms with van der Waals surface area (Å²) in [6, 6.07) is 8.29. The summed E-state index contributed by atoms with van der Waals surface area (Å²) in [6.45, 7) is 1.84. The zero-order chi connectivity index (χ0) is 11.8. The lowest BCUT2D eigenvalue weighted by molar-refractivity contribution is 0.414. The fraction of sp³-hybridized carbons (Fsp3) is 0.429. The minimum Gasteiger partial charge on any atom is -0.497 e. The van der Waals surface area contributed by atoms with E-state index >= 15 is 0 Å². The minimum atomic E-state index is 0.176. The summed E-state index contributed by atoms with van der Waals surface area (Å²) in [7, 11) is 1.67. The summed E-state index contributed by atoms with van der Waals surface area (Å²) >= 11 is 0. The number of ether oxygens (including phenoxy) is 1. The Morgan fingerprint density at radius 3 is 2.56 bits per heavy atom. The molecule has 0 aromatic heterocycles. The van der Waals surface area contributed by atoms with Gasteiger partial charge in [-0.1, -0.05) is 12.1 Å². The third-order valence-corrected chi connectivity index (χ3v) is 2.50. The summed E-state index contributed by atoms with van der Waals surface area (Å²) in [5.74, 6) is 6.77. The van der Waals surface area contributed by atoms with E-state index < -0.39 is 0 Å². The molecule has 0 heterocycles.